The molecule has 6 nitrogen and oxygen atoms in total. The maximum atomic E-state index is 13.3. The Kier molecular flexibility index (Phi) is 6.12. The molecule has 0 unspecified atom stereocenters. The van der Waals surface area contributed by atoms with E-state index in [4.69, 9.17) is 10.4 Å². The first-order valence-electron chi connectivity index (χ1n) is 10.6. The van der Waals surface area contributed by atoms with Crippen molar-refractivity contribution < 1.29 is 18.4 Å². The van der Waals surface area contributed by atoms with Gasteiger partial charge in [0.2, 0.25) is 5.91 Å². The summed E-state index contributed by atoms with van der Waals surface area (Å²) in [6.07, 6.45) is 2.81. The average Bonchev–Trinajstić information content (AvgIpc) is 3.05. The number of carbonyl (C=O) groups is 2. The summed E-state index contributed by atoms with van der Waals surface area (Å²) in [6.45, 7) is -0.205. The van der Waals surface area contributed by atoms with Crippen molar-refractivity contribution in [1.82, 2.24) is 4.90 Å². The van der Waals surface area contributed by atoms with Crippen LogP contribution >= 0.6 is 0 Å². The fraction of sp³-hybridized carbons (Fsp3) is 0.333. The van der Waals surface area contributed by atoms with Crippen LogP contribution in [0.15, 0.2) is 53.5 Å². The van der Waals surface area contributed by atoms with Crippen molar-refractivity contribution in [3.8, 4) is 0 Å². The van der Waals surface area contributed by atoms with E-state index in [1.807, 2.05) is 0 Å². The molecule has 2 N–H and O–H groups in total. The number of aliphatic imine (C=N–C) groups is 1. The second-order valence-electron chi connectivity index (χ2n) is 8.14. The Balaban J connectivity index is 1.56. The van der Waals surface area contributed by atoms with Crippen molar-refractivity contribution in [3.63, 3.8) is 0 Å². The number of amides is 2. The van der Waals surface area contributed by atoms with Crippen LogP contribution < -0.4 is 5.32 Å². The van der Waals surface area contributed by atoms with E-state index in [1.165, 1.54) is 29.3 Å². The lowest BCUT2D eigenvalue weighted by atomic mass is 9.88. The Labute approximate surface area is 184 Å². The highest BCUT2D eigenvalue weighted by Gasteiger charge is 2.48. The topological polar surface area (TPSA) is 85.6 Å². The minimum absolute atomic E-state index is 0.178. The molecule has 0 radical (unpaired) electrons. The summed E-state index contributed by atoms with van der Waals surface area (Å²) in [4.78, 5) is 32.5. The molecule has 32 heavy (non-hydrogen) atoms. The highest BCUT2D eigenvalue weighted by molar-refractivity contribution is 6.47. The third-order valence-electron chi connectivity index (χ3n) is 6.00. The van der Waals surface area contributed by atoms with Gasteiger partial charge in [0.15, 0.2) is 0 Å². The van der Waals surface area contributed by atoms with Gasteiger partial charge in [-0.05, 0) is 43.4 Å². The van der Waals surface area contributed by atoms with E-state index < -0.39 is 18.0 Å². The summed E-state index contributed by atoms with van der Waals surface area (Å²) in [7, 11) is 0. The molecule has 1 fully saturated rings. The smallest absolute Gasteiger partial charge is 0.275 e. The van der Waals surface area contributed by atoms with Crippen molar-refractivity contribution in [2.45, 2.75) is 44.2 Å². The zero-order valence-electron chi connectivity index (χ0n) is 17.5. The zero-order valence-corrected chi connectivity index (χ0v) is 17.5. The van der Waals surface area contributed by atoms with Crippen LogP contribution in [0.25, 0.3) is 0 Å². The normalized spacial score (nSPS) is 17.5. The van der Waals surface area contributed by atoms with Crippen LogP contribution in [0.2, 0.25) is 0 Å². The molecule has 2 aromatic carbocycles. The average molecular weight is 438 g/mol. The molecule has 2 aromatic rings. The van der Waals surface area contributed by atoms with Gasteiger partial charge in [0.05, 0.1) is 0 Å². The molecular formula is C24H24F2N4O2. The van der Waals surface area contributed by atoms with Gasteiger partial charge in [0.25, 0.3) is 12.3 Å². The molecule has 0 aromatic heterocycles. The molecule has 0 bridgehead atoms. The highest BCUT2D eigenvalue weighted by atomic mass is 19.3. The minimum atomic E-state index is -2.63. The molecule has 2 amide bonds. The lowest BCUT2D eigenvalue weighted by molar-refractivity contribution is -0.134. The van der Waals surface area contributed by atoms with Crippen LogP contribution in [0.4, 0.5) is 14.5 Å². The summed E-state index contributed by atoms with van der Waals surface area (Å²) in [5.41, 5.74) is 1.01. The number of alkyl halides is 2. The van der Waals surface area contributed by atoms with Crippen molar-refractivity contribution in [1.29, 1.82) is 5.41 Å². The van der Waals surface area contributed by atoms with E-state index in [0.29, 0.717) is 24.1 Å². The van der Waals surface area contributed by atoms with Crippen molar-refractivity contribution in [2.24, 2.45) is 4.99 Å². The van der Waals surface area contributed by atoms with Crippen LogP contribution in [0.5, 0.6) is 0 Å². The summed E-state index contributed by atoms with van der Waals surface area (Å²) in [6, 6.07) is 12.5. The van der Waals surface area contributed by atoms with Gasteiger partial charge in [0, 0.05) is 23.0 Å². The third kappa shape index (κ3) is 4.30. The molecule has 0 atom stereocenters. The maximum Gasteiger partial charge on any atom is 0.275 e. The van der Waals surface area contributed by atoms with Gasteiger partial charge in [-0.15, -0.1) is 0 Å². The Morgan fingerprint density at radius 3 is 2.53 bits per heavy atom. The second-order valence-corrected chi connectivity index (χ2v) is 8.14. The predicted molar refractivity (Wildman–Crippen MR) is 118 cm³/mol. The van der Waals surface area contributed by atoms with E-state index in [0.717, 1.165) is 24.8 Å². The summed E-state index contributed by atoms with van der Waals surface area (Å²) >= 11 is 0. The molecule has 2 aliphatic rings. The first kappa shape index (κ1) is 21.8. The Morgan fingerprint density at radius 1 is 1.16 bits per heavy atom. The quantitative estimate of drug-likeness (QED) is 0.649. The Hall–Kier alpha value is -3.42. The summed E-state index contributed by atoms with van der Waals surface area (Å²) < 4.78 is 25.9. The number of rotatable bonds is 6. The van der Waals surface area contributed by atoms with Gasteiger partial charge in [-0.3, -0.25) is 14.6 Å². The molecule has 166 valence electrons. The van der Waals surface area contributed by atoms with Crippen molar-refractivity contribution in [3.05, 3.63) is 65.2 Å². The zero-order chi connectivity index (χ0) is 22.7. The molecular weight excluding hydrogens is 414 g/mol. The number of halogens is 2. The minimum Gasteiger partial charge on any atom is -0.325 e. The monoisotopic (exact) mass is 438 g/mol. The first-order chi connectivity index (χ1) is 15.4. The van der Waals surface area contributed by atoms with E-state index in [9.17, 15) is 18.4 Å². The Bertz CT molecular complexity index is 1060. The number of benzene rings is 2. The van der Waals surface area contributed by atoms with Gasteiger partial charge >= 0.3 is 0 Å². The van der Waals surface area contributed by atoms with Crippen LogP contribution in [-0.4, -0.2) is 40.8 Å². The van der Waals surface area contributed by atoms with Crippen LogP contribution in [-0.2, 0) is 9.59 Å². The molecule has 4 rings (SSSR count). The number of carbonyl (C=O) groups excluding carboxylic acids is 2. The first-order valence-corrected chi connectivity index (χ1v) is 10.6. The van der Waals surface area contributed by atoms with Crippen LogP contribution in [0.3, 0.4) is 0 Å². The van der Waals surface area contributed by atoms with Gasteiger partial charge in [0.1, 0.15) is 17.9 Å². The van der Waals surface area contributed by atoms with Gasteiger partial charge in [-0.25, -0.2) is 8.78 Å². The van der Waals surface area contributed by atoms with Crippen LogP contribution in [0, 0.1) is 5.41 Å². The summed E-state index contributed by atoms with van der Waals surface area (Å²) in [5, 5.41) is 9.97. The van der Waals surface area contributed by atoms with Gasteiger partial charge < -0.3 is 15.6 Å². The van der Waals surface area contributed by atoms with E-state index in [-0.39, 0.29) is 23.7 Å². The lowest BCUT2D eigenvalue weighted by Gasteiger charge is -2.38. The van der Waals surface area contributed by atoms with Crippen molar-refractivity contribution >= 4 is 29.4 Å². The number of anilines is 1. The Morgan fingerprint density at radius 2 is 1.88 bits per heavy atom. The van der Waals surface area contributed by atoms with Gasteiger partial charge in [-0.2, -0.15) is 0 Å². The van der Waals surface area contributed by atoms with E-state index in [1.54, 1.807) is 30.3 Å². The second kappa shape index (κ2) is 8.98. The number of hydrogen-bond donors (Lipinski definition) is 2. The lowest BCUT2D eigenvalue weighted by Crippen LogP contribution is -2.51. The van der Waals surface area contributed by atoms with E-state index in [2.05, 4.69) is 5.32 Å². The van der Waals surface area contributed by atoms with E-state index >= 15 is 0 Å². The fourth-order valence-corrected chi connectivity index (χ4v) is 4.37. The number of nitrogens with zero attached hydrogens (tertiary/aromatic N) is 2. The molecule has 1 spiro atoms. The van der Waals surface area contributed by atoms with Crippen LogP contribution in [0.1, 0.15) is 55.2 Å². The highest BCUT2D eigenvalue weighted by Crippen LogP contribution is 2.39. The fourth-order valence-electron chi connectivity index (χ4n) is 4.37. The predicted octanol–water partition coefficient (Wildman–Crippen LogP) is 4.55. The molecule has 0 saturated heterocycles. The third-order valence-corrected chi connectivity index (χ3v) is 6.00. The number of hydrogen-bond acceptors (Lipinski definition) is 4. The standard InChI is InChI=1S/C24H24F2N4O2/c25-22(26)18-5-4-6-19(13-18)28-20(31)15-30-23(32)21(17-9-7-16(14-27)8-10-17)29-24(30)11-2-1-3-12-24/h4-10,13-14,22,27H,1-3,11-12,15H2,(H,28,31). The molecule has 1 aliphatic heterocycles. The molecule has 8 heteroatoms. The molecule has 1 heterocycles. The number of nitrogens with one attached hydrogen (secondary N) is 2. The maximum absolute atomic E-state index is 13.3. The largest absolute Gasteiger partial charge is 0.325 e. The van der Waals surface area contributed by atoms with Crippen molar-refractivity contribution in [2.75, 3.05) is 11.9 Å². The summed E-state index contributed by atoms with van der Waals surface area (Å²) in [5.74, 6) is -0.767. The molecule has 1 saturated carbocycles. The molecule has 1 aliphatic carbocycles. The van der Waals surface area contributed by atoms with Gasteiger partial charge in [-0.1, -0.05) is 42.8 Å². The SMILES string of the molecule is N=Cc1ccc(C2=NC3(CCCCC3)N(CC(=O)Nc3cccc(C(F)F)c3)C2=O)cc1.